The van der Waals surface area contributed by atoms with E-state index >= 15 is 0 Å². The molecule has 0 saturated heterocycles. The van der Waals surface area contributed by atoms with E-state index in [-0.39, 0.29) is 47.3 Å². The van der Waals surface area contributed by atoms with E-state index in [1.165, 1.54) is 134 Å². The topological polar surface area (TPSA) is 123 Å². The Kier molecular flexibility index (Phi) is 10.0. The number of rotatable bonds is 0. The van der Waals surface area contributed by atoms with Gasteiger partial charge in [0.05, 0.1) is 23.3 Å². The summed E-state index contributed by atoms with van der Waals surface area (Å²) in [7, 11) is 0. The van der Waals surface area contributed by atoms with Crippen molar-refractivity contribution in [3.8, 4) is 45.6 Å². The fraction of sp³-hybridized carbons (Fsp3) is 0.0909. The molecule has 2 aliphatic heterocycles. The van der Waals surface area contributed by atoms with Crippen molar-refractivity contribution >= 4 is 44.1 Å². The van der Waals surface area contributed by atoms with Crippen LogP contribution in [-0.4, -0.2) is 29.9 Å². The average Bonchev–Trinajstić information content (AvgIpc) is 1.11. The fourth-order valence-corrected chi connectivity index (χ4v) is 20.3. The predicted octanol–water partition coefficient (Wildman–Crippen LogP) is 18.0. The van der Waals surface area contributed by atoms with Crippen molar-refractivity contribution < 1.29 is 21.0 Å². The van der Waals surface area contributed by atoms with E-state index in [1.54, 1.807) is 0 Å². The number of benzene rings is 12. The van der Waals surface area contributed by atoms with Gasteiger partial charge in [0.2, 0.25) is 0 Å². The Bertz CT molecular complexity index is 5530. The van der Waals surface area contributed by atoms with Crippen molar-refractivity contribution in [1.82, 2.24) is 39.9 Å². The van der Waals surface area contributed by atoms with Crippen LogP contribution in [0.3, 0.4) is 0 Å². The van der Waals surface area contributed by atoms with Gasteiger partial charge in [-0.05, 0) is 204 Å². The molecule has 16 bridgehead atoms. The first kappa shape index (κ1) is 52.6. The number of fused-ring (bicyclic) bond motifs is 20. The summed E-state index contributed by atoms with van der Waals surface area (Å²) in [6.07, 6.45) is 0. The minimum Gasteiger partial charge on any atom is -0.357 e. The summed E-state index contributed by atoms with van der Waals surface area (Å²) >= 11 is 1.06. The summed E-state index contributed by atoms with van der Waals surface area (Å²) in [4.78, 5) is 45.9. The molecule has 0 fully saturated rings. The molecular weight excluding hydrogens is 1240 g/mol. The van der Waals surface area contributed by atoms with Gasteiger partial charge >= 0.3 is 21.0 Å². The van der Waals surface area contributed by atoms with E-state index in [9.17, 15) is 0 Å². The largest absolute Gasteiger partial charge is 0.357 e. The number of aromatic nitrogens is 8. The van der Waals surface area contributed by atoms with E-state index in [2.05, 4.69) is 243 Å². The van der Waals surface area contributed by atoms with Crippen LogP contribution in [0.15, 0.2) is 243 Å². The van der Waals surface area contributed by atoms with Crippen molar-refractivity contribution in [3.05, 3.63) is 376 Å². The van der Waals surface area contributed by atoms with Crippen molar-refractivity contribution in [1.29, 1.82) is 0 Å². The minimum atomic E-state index is 0.0333. The Hall–Kier alpha value is -11.6. The van der Waals surface area contributed by atoms with Gasteiger partial charge in [0.25, 0.3) is 0 Å². The summed E-state index contributed by atoms with van der Waals surface area (Å²) in [5, 5.41) is 3.69. The summed E-state index contributed by atoms with van der Waals surface area (Å²) in [5.74, 6) is 2.52. The van der Waals surface area contributed by atoms with Crippen LogP contribution in [0.1, 0.15) is 181 Å². The average molecular weight is 1280 g/mol. The van der Waals surface area contributed by atoms with Gasteiger partial charge < -0.3 is 29.9 Å². The normalized spacial score (nSPS) is 20.1. The zero-order valence-electron chi connectivity index (χ0n) is 52.1. The first-order chi connectivity index (χ1) is 48.6. The second-order valence-corrected chi connectivity index (χ2v) is 28.1. The van der Waals surface area contributed by atoms with Crippen LogP contribution in [-0.2, 0) is 21.0 Å². The Labute approximate surface area is 570 Å². The molecule has 29 rings (SSSR count). The molecule has 3 aromatic heterocycles. The number of hydrogen-bond acceptors (Lipinski definition) is 7. The molecule has 5 heterocycles. The Morgan fingerprint density at radius 3 is 0.490 bits per heavy atom. The maximum absolute atomic E-state index is 8.19. The first-order valence-corrected chi connectivity index (χ1v) is 34.5. The van der Waals surface area contributed by atoms with Gasteiger partial charge in [-0.3, -0.25) is 0 Å². The third-order valence-corrected chi connectivity index (χ3v) is 23.9. The van der Waals surface area contributed by atoms with E-state index in [4.69, 9.17) is 43.5 Å². The third kappa shape index (κ3) is 6.50. The van der Waals surface area contributed by atoms with E-state index < -0.39 is 0 Å². The standard InChI is InChI=1S/C88H48N8.O.V/c1-2-18-42-41(17-1)73-43-19-3-4-20-44(43)74(42)58-34-66-65(33-57(58)73)81-89-82(66)94-84-69-37-61-62(78-51-27-11-9-25-49(51)77(61)50-26-10-12-28-52(50)78)38-70(69)86(91-84)96-88-72-40-64-63(79-53-29-13-15-31-55(53)80(64)56-32-16-14-30-54(56)79)39-71(72)87(92-88)95-85-68-36-60-59(35-67(68)83(90-85)93-81)75-45-21-5-7-23-47(45)76(60)48-24-8-6-22-46(48)75;;/h1-40,73-80H;;/q-2;;+2. The quantitative estimate of drug-likeness (QED) is 0.146. The molecule has 14 aliphatic rings. The smallest absolute Gasteiger partial charge is 0.0927 e. The van der Waals surface area contributed by atoms with Crippen LogP contribution in [0.4, 0.5) is 0 Å². The molecule has 9 nitrogen and oxygen atoms in total. The minimum absolute atomic E-state index is 0.0333. The van der Waals surface area contributed by atoms with Gasteiger partial charge in [0, 0.05) is 92.2 Å². The summed E-state index contributed by atoms with van der Waals surface area (Å²) in [6, 6.07) is 91.4. The van der Waals surface area contributed by atoms with Crippen LogP contribution < -0.4 is 9.97 Å². The van der Waals surface area contributed by atoms with Gasteiger partial charge in [0.1, 0.15) is 0 Å². The molecule has 451 valence electrons. The summed E-state index contributed by atoms with van der Waals surface area (Å²) in [6.45, 7) is 0. The number of hydrogen-bond donors (Lipinski definition) is 0. The summed E-state index contributed by atoms with van der Waals surface area (Å²) < 4.78 is 8.19. The van der Waals surface area contributed by atoms with Crippen molar-refractivity contribution in [2.75, 3.05) is 0 Å². The SMILES string of the molecule is [O]=[V+2].c1ccc2c(c1)C1c3ccccc3C2c2cc3c(cc21)-c1nc-3nc2[n-]c(nc3nc(nc4[n-]c(n1)c1cc5c(cc41)C1c4ccccc4C5c4ccccc41)-c1cc4c(cc1-3)C1c3ccccc3C4c3ccccc31)c1cc3c(cc21)C1c2ccccc2C3c2ccccc21. The molecule has 0 N–H and O–H groups in total. The Morgan fingerprint density at radius 2 is 0.337 bits per heavy atom. The zero-order chi connectivity index (χ0) is 63.7. The van der Waals surface area contributed by atoms with Crippen molar-refractivity contribution in [2.24, 2.45) is 0 Å². The van der Waals surface area contributed by atoms with E-state index in [0.717, 1.165) is 61.2 Å². The van der Waals surface area contributed by atoms with E-state index in [0.29, 0.717) is 45.9 Å². The second kappa shape index (κ2) is 18.7. The molecule has 15 aromatic rings. The molecule has 0 atom stereocenters. The van der Waals surface area contributed by atoms with Crippen LogP contribution in [0.2, 0.25) is 0 Å². The van der Waals surface area contributed by atoms with Gasteiger partial charge in [0.15, 0.2) is 0 Å². The van der Waals surface area contributed by atoms with Gasteiger partial charge in [-0.15, -0.1) is 0 Å². The van der Waals surface area contributed by atoms with Crippen LogP contribution in [0.25, 0.3) is 89.7 Å². The van der Waals surface area contributed by atoms with Crippen LogP contribution >= 0.6 is 0 Å². The molecule has 0 radical (unpaired) electrons. The molecule has 0 unspecified atom stereocenters. The molecule has 10 heteroatoms. The van der Waals surface area contributed by atoms with Gasteiger partial charge in [-0.2, -0.15) is 0 Å². The first-order valence-electron chi connectivity index (χ1n) is 33.9. The maximum atomic E-state index is 8.19. The van der Waals surface area contributed by atoms with Crippen LogP contribution in [0.5, 0.6) is 0 Å². The Balaban J connectivity index is 0.00000290. The van der Waals surface area contributed by atoms with Gasteiger partial charge in [-0.25, -0.2) is 9.97 Å². The summed E-state index contributed by atoms with van der Waals surface area (Å²) in [5.41, 5.74) is 37.8. The van der Waals surface area contributed by atoms with Crippen molar-refractivity contribution in [3.63, 3.8) is 0 Å². The molecule has 0 spiro atoms. The number of nitrogens with zero attached hydrogens (tertiary/aromatic N) is 8. The molecular formula is C88H48N8OV. The molecule has 12 aromatic carbocycles. The predicted molar refractivity (Wildman–Crippen MR) is 374 cm³/mol. The molecule has 0 saturated carbocycles. The van der Waals surface area contributed by atoms with E-state index in [1.807, 2.05) is 0 Å². The van der Waals surface area contributed by atoms with Gasteiger partial charge in [-0.1, -0.05) is 194 Å². The molecule has 12 aliphatic carbocycles. The zero-order valence-corrected chi connectivity index (χ0v) is 53.5. The molecule has 98 heavy (non-hydrogen) atoms. The van der Waals surface area contributed by atoms with Crippen LogP contribution in [0, 0.1) is 0 Å². The third-order valence-electron chi connectivity index (χ3n) is 23.9. The monoisotopic (exact) mass is 1280 g/mol. The Morgan fingerprint density at radius 1 is 0.194 bits per heavy atom. The second-order valence-electron chi connectivity index (χ2n) is 28.1. The maximum Gasteiger partial charge on any atom is 0.0927 e. The molecule has 0 amide bonds. The fourth-order valence-electron chi connectivity index (χ4n) is 20.3. The van der Waals surface area contributed by atoms with Crippen molar-refractivity contribution in [2.45, 2.75) is 47.3 Å².